The minimum atomic E-state index is -1.18. The van der Waals surface area contributed by atoms with Crippen molar-refractivity contribution in [1.82, 2.24) is 20.9 Å². The van der Waals surface area contributed by atoms with Crippen molar-refractivity contribution in [3.05, 3.63) is 0 Å². The maximum atomic E-state index is 13.9. The van der Waals surface area contributed by atoms with Crippen LogP contribution in [0.25, 0.3) is 0 Å². The van der Waals surface area contributed by atoms with E-state index in [2.05, 4.69) is 16.0 Å². The van der Waals surface area contributed by atoms with Crippen LogP contribution in [0.1, 0.15) is 78.6 Å². The van der Waals surface area contributed by atoms with E-state index in [4.69, 9.17) is 28.9 Å². The SMILES string of the molecule is CC(C)(C)C(NC(=O)NC1CCCCC1)C(=O)N1C[C@@H]2[C@H]([C@H]1C(=O)NC(CC1CCC1)C(=O)C(N)=O)C2(Cl)Cl. The number of nitrogens with one attached hydrogen (secondary N) is 3. The van der Waals surface area contributed by atoms with Gasteiger partial charge in [-0.2, -0.15) is 0 Å². The summed E-state index contributed by atoms with van der Waals surface area (Å²) >= 11 is 12.9. The van der Waals surface area contributed by atoms with Crippen molar-refractivity contribution in [1.29, 1.82) is 0 Å². The first-order chi connectivity index (χ1) is 18.2. The lowest BCUT2D eigenvalue weighted by molar-refractivity contribution is -0.144. The second-order valence-corrected chi connectivity index (χ2v) is 14.3. The molecule has 39 heavy (non-hydrogen) atoms. The summed E-state index contributed by atoms with van der Waals surface area (Å²) in [7, 11) is 0. The summed E-state index contributed by atoms with van der Waals surface area (Å²) in [5.74, 6) is -3.65. The number of fused-ring (bicyclic) bond motifs is 1. The molecule has 1 heterocycles. The van der Waals surface area contributed by atoms with Gasteiger partial charge in [-0.05, 0) is 30.6 Å². The lowest BCUT2D eigenvalue weighted by atomic mass is 9.80. The van der Waals surface area contributed by atoms with Crippen molar-refractivity contribution >= 4 is 52.7 Å². The molecule has 12 heteroatoms. The standard InChI is InChI=1S/C27H41Cl2N5O5/c1-26(2,3)21(33-25(39)31-15-10-5-4-6-11-15)24(38)34-13-16-18(27(16,28)29)19(34)23(37)32-17(20(35)22(30)36)12-14-8-7-9-14/h14-19,21H,4-13H2,1-3H3,(H2,30,36)(H,32,37)(H2,31,33,39)/t16-,17?,18-,19+,21?/m1/s1. The lowest BCUT2D eigenvalue weighted by Gasteiger charge is -2.38. The fourth-order valence-corrected chi connectivity index (χ4v) is 7.10. The van der Waals surface area contributed by atoms with Crippen LogP contribution >= 0.6 is 23.2 Å². The van der Waals surface area contributed by atoms with Crippen LogP contribution in [0.3, 0.4) is 0 Å². The zero-order valence-electron chi connectivity index (χ0n) is 22.9. The summed E-state index contributed by atoms with van der Waals surface area (Å²) in [4.78, 5) is 66.2. The van der Waals surface area contributed by atoms with Gasteiger partial charge in [-0.15, -0.1) is 23.2 Å². The predicted molar refractivity (Wildman–Crippen MR) is 147 cm³/mol. The van der Waals surface area contributed by atoms with Gasteiger partial charge in [0.25, 0.3) is 5.91 Å². The van der Waals surface area contributed by atoms with Crippen molar-refractivity contribution in [2.24, 2.45) is 28.9 Å². The summed E-state index contributed by atoms with van der Waals surface area (Å²) in [6.07, 6.45) is 8.22. The average molecular weight is 587 g/mol. The molecular formula is C27H41Cl2N5O5. The third-order valence-electron chi connectivity index (χ3n) is 8.88. The molecule has 218 valence electrons. The molecule has 5 atom stereocenters. The minimum absolute atomic E-state index is 0.0657. The highest BCUT2D eigenvalue weighted by molar-refractivity contribution is 6.51. The molecule has 1 aliphatic heterocycles. The van der Waals surface area contributed by atoms with Crippen molar-refractivity contribution in [3.8, 4) is 0 Å². The number of amides is 5. The number of nitrogens with two attached hydrogens (primary N) is 1. The zero-order chi connectivity index (χ0) is 28.7. The predicted octanol–water partition coefficient (Wildman–Crippen LogP) is 2.39. The number of likely N-dealkylation sites (tertiary alicyclic amines) is 1. The third-order valence-corrected chi connectivity index (χ3v) is 9.95. The van der Waals surface area contributed by atoms with Crippen molar-refractivity contribution in [3.63, 3.8) is 0 Å². The van der Waals surface area contributed by atoms with E-state index >= 15 is 0 Å². The van der Waals surface area contributed by atoms with Crippen molar-refractivity contribution < 1.29 is 24.0 Å². The van der Waals surface area contributed by atoms with Gasteiger partial charge in [-0.25, -0.2) is 4.79 Å². The fourth-order valence-electron chi connectivity index (χ4n) is 6.28. The van der Waals surface area contributed by atoms with Gasteiger partial charge in [0.2, 0.25) is 17.6 Å². The maximum absolute atomic E-state index is 13.9. The Morgan fingerprint density at radius 3 is 2.15 bits per heavy atom. The molecule has 10 nitrogen and oxygen atoms in total. The number of primary amides is 1. The number of nitrogens with zero attached hydrogens (tertiary/aromatic N) is 1. The lowest BCUT2D eigenvalue weighted by Crippen LogP contribution is -2.62. The normalized spacial score (nSPS) is 27.9. The van der Waals surface area contributed by atoms with Gasteiger partial charge in [0.1, 0.15) is 16.4 Å². The molecule has 2 unspecified atom stereocenters. The number of piperidine rings is 1. The molecule has 0 bridgehead atoms. The molecule has 0 aromatic heterocycles. The zero-order valence-corrected chi connectivity index (χ0v) is 24.4. The minimum Gasteiger partial charge on any atom is -0.363 e. The van der Waals surface area contributed by atoms with Crippen LogP contribution in [0.2, 0.25) is 0 Å². The quantitative estimate of drug-likeness (QED) is 0.242. The molecule has 0 radical (unpaired) electrons. The number of halogens is 2. The Labute approximate surface area is 239 Å². The summed E-state index contributed by atoms with van der Waals surface area (Å²) in [5.41, 5.74) is 4.60. The number of carbonyl (C=O) groups is 5. The molecular weight excluding hydrogens is 545 g/mol. The average Bonchev–Trinajstić information content (AvgIpc) is 3.15. The van der Waals surface area contributed by atoms with Crippen LogP contribution in [0.4, 0.5) is 4.79 Å². The largest absolute Gasteiger partial charge is 0.363 e. The van der Waals surface area contributed by atoms with E-state index in [9.17, 15) is 24.0 Å². The molecule has 1 saturated heterocycles. The first-order valence-electron chi connectivity index (χ1n) is 14.1. The van der Waals surface area contributed by atoms with Gasteiger partial charge in [0.05, 0.1) is 6.04 Å². The Hall–Kier alpha value is -2.07. The summed E-state index contributed by atoms with van der Waals surface area (Å²) in [6.45, 7) is 5.67. The molecule has 5 amide bonds. The van der Waals surface area contributed by atoms with Gasteiger partial charge >= 0.3 is 6.03 Å². The van der Waals surface area contributed by atoms with Gasteiger partial charge < -0.3 is 26.6 Å². The second-order valence-electron chi connectivity index (χ2n) is 12.8. The Morgan fingerprint density at radius 2 is 1.62 bits per heavy atom. The van der Waals surface area contributed by atoms with E-state index in [-0.39, 0.29) is 24.4 Å². The maximum Gasteiger partial charge on any atom is 0.315 e. The molecule has 5 N–H and O–H groups in total. The topological polar surface area (TPSA) is 151 Å². The number of Topliss-reactive ketones (excluding diaryl/α,β-unsaturated/α-hetero) is 1. The van der Waals surface area contributed by atoms with Crippen LogP contribution < -0.4 is 21.7 Å². The van der Waals surface area contributed by atoms with Gasteiger partial charge in [0.15, 0.2) is 0 Å². The number of hydrogen-bond acceptors (Lipinski definition) is 5. The third kappa shape index (κ3) is 6.47. The van der Waals surface area contributed by atoms with Crippen LogP contribution in [0.5, 0.6) is 0 Å². The van der Waals surface area contributed by atoms with E-state index in [0.717, 1.165) is 51.4 Å². The molecule has 4 aliphatic rings. The molecule has 4 rings (SSSR count). The van der Waals surface area contributed by atoms with E-state index in [1.807, 2.05) is 20.8 Å². The Kier molecular flexibility index (Phi) is 8.76. The first-order valence-corrected chi connectivity index (χ1v) is 14.9. The number of urea groups is 1. The van der Waals surface area contributed by atoms with E-state index in [0.29, 0.717) is 6.42 Å². The highest BCUT2D eigenvalue weighted by Gasteiger charge is 2.74. The van der Waals surface area contributed by atoms with E-state index < -0.39 is 63.3 Å². The van der Waals surface area contributed by atoms with E-state index in [1.165, 1.54) is 4.90 Å². The summed E-state index contributed by atoms with van der Waals surface area (Å²) in [5, 5.41) is 8.53. The number of hydrogen-bond donors (Lipinski definition) is 4. The van der Waals surface area contributed by atoms with Crippen LogP contribution in [0.15, 0.2) is 0 Å². The summed E-state index contributed by atoms with van der Waals surface area (Å²) < 4.78 is -1.18. The number of alkyl halides is 2. The molecule has 0 aromatic rings. The van der Waals surface area contributed by atoms with Crippen molar-refractivity contribution in [2.45, 2.75) is 107 Å². The van der Waals surface area contributed by atoms with Crippen LogP contribution in [0, 0.1) is 23.2 Å². The molecule has 4 fully saturated rings. The van der Waals surface area contributed by atoms with Gasteiger partial charge in [-0.1, -0.05) is 59.3 Å². The molecule has 3 saturated carbocycles. The Morgan fingerprint density at radius 1 is 0.974 bits per heavy atom. The molecule has 3 aliphatic carbocycles. The van der Waals surface area contributed by atoms with Crippen LogP contribution in [-0.2, 0) is 19.2 Å². The number of rotatable bonds is 9. The fraction of sp³-hybridized carbons (Fsp3) is 0.815. The highest BCUT2D eigenvalue weighted by Crippen LogP contribution is 2.65. The Bertz CT molecular complexity index is 1010. The highest BCUT2D eigenvalue weighted by atomic mass is 35.5. The van der Waals surface area contributed by atoms with Gasteiger partial charge in [0, 0.05) is 24.4 Å². The van der Waals surface area contributed by atoms with E-state index in [1.54, 1.807) is 0 Å². The second kappa shape index (κ2) is 11.4. The molecule has 0 spiro atoms. The smallest absolute Gasteiger partial charge is 0.315 e. The monoisotopic (exact) mass is 585 g/mol. The van der Waals surface area contributed by atoms with Gasteiger partial charge in [-0.3, -0.25) is 19.2 Å². The number of ketones is 1. The summed E-state index contributed by atoms with van der Waals surface area (Å²) in [6, 6.07) is -3.40. The first kappa shape index (κ1) is 29.9. The van der Waals surface area contributed by atoms with Crippen molar-refractivity contribution in [2.75, 3.05) is 6.54 Å². The Balaban J connectivity index is 1.50. The molecule has 0 aromatic carbocycles. The number of carbonyl (C=O) groups excluding carboxylic acids is 5. The van der Waals surface area contributed by atoms with Crippen LogP contribution in [-0.4, -0.2) is 69.5 Å².